The van der Waals surface area contributed by atoms with Gasteiger partial charge in [0.1, 0.15) is 6.29 Å². The van der Waals surface area contributed by atoms with Crippen LogP contribution in [0.3, 0.4) is 0 Å². The summed E-state index contributed by atoms with van der Waals surface area (Å²) in [6.45, 7) is 2.02. The van der Waals surface area contributed by atoms with Crippen molar-refractivity contribution in [2.75, 3.05) is 17.3 Å². The van der Waals surface area contributed by atoms with Crippen LogP contribution in [0.5, 0.6) is 0 Å². The highest BCUT2D eigenvalue weighted by molar-refractivity contribution is 6.29. The minimum absolute atomic E-state index is 0.161. The van der Waals surface area contributed by atoms with Crippen LogP contribution in [0.25, 0.3) is 10.8 Å². The zero-order valence-electron chi connectivity index (χ0n) is 16.9. The predicted molar refractivity (Wildman–Crippen MR) is 118 cm³/mol. The van der Waals surface area contributed by atoms with Crippen LogP contribution < -0.4 is 15.5 Å². The Morgan fingerprint density at radius 3 is 2.57 bits per heavy atom. The Balaban J connectivity index is 1.75. The van der Waals surface area contributed by atoms with Crippen LogP contribution in [-0.4, -0.2) is 31.2 Å². The normalized spacial score (nSPS) is 13.4. The maximum absolute atomic E-state index is 13.5. The average Bonchev–Trinajstić information content (AvgIpc) is 3.06. The minimum atomic E-state index is -0.708. The molecule has 30 heavy (non-hydrogen) atoms. The van der Waals surface area contributed by atoms with Gasteiger partial charge in [0, 0.05) is 24.5 Å². The minimum Gasteiger partial charge on any atom is -0.359 e. The van der Waals surface area contributed by atoms with Gasteiger partial charge in [-0.25, -0.2) is 0 Å². The second kappa shape index (κ2) is 7.99. The van der Waals surface area contributed by atoms with Gasteiger partial charge in [0.05, 0.1) is 23.0 Å². The lowest BCUT2D eigenvalue weighted by Gasteiger charge is -2.24. The molecule has 0 fully saturated rings. The number of nitrogens with zero attached hydrogens (tertiary/aromatic N) is 1. The van der Waals surface area contributed by atoms with E-state index in [4.69, 9.17) is 0 Å². The van der Waals surface area contributed by atoms with Crippen LogP contribution in [0.4, 0.5) is 17.1 Å². The highest BCUT2D eigenvalue weighted by Crippen LogP contribution is 2.42. The molecule has 152 valence electrons. The molecule has 6 nitrogen and oxygen atoms in total. The highest BCUT2D eigenvalue weighted by Gasteiger charge is 2.36. The van der Waals surface area contributed by atoms with Crippen molar-refractivity contribution in [3.8, 4) is 0 Å². The van der Waals surface area contributed by atoms with Crippen LogP contribution in [0.2, 0.25) is 0 Å². The van der Waals surface area contributed by atoms with E-state index in [0.717, 1.165) is 28.3 Å². The van der Waals surface area contributed by atoms with E-state index in [2.05, 4.69) is 10.6 Å². The summed E-state index contributed by atoms with van der Waals surface area (Å²) in [5.74, 6) is -0.392. The molecule has 0 aromatic heterocycles. The fourth-order valence-corrected chi connectivity index (χ4v) is 3.90. The highest BCUT2D eigenvalue weighted by atomic mass is 16.2. The van der Waals surface area contributed by atoms with Gasteiger partial charge in [0.15, 0.2) is 0 Å². The number of aldehydes is 1. The Hall–Kier alpha value is -3.67. The van der Waals surface area contributed by atoms with E-state index >= 15 is 0 Å². The number of benzene rings is 3. The summed E-state index contributed by atoms with van der Waals surface area (Å²) < 4.78 is 0. The summed E-state index contributed by atoms with van der Waals surface area (Å²) in [6.07, 6.45) is 1.18. The van der Waals surface area contributed by atoms with Gasteiger partial charge in [-0.2, -0.15) is 0 Å². The van der Waals surface area contributed by atoms with Gasteiger partial charge in [-0.05, 0) is 43.0 Å². The van der Waals surface area contributed by atoms with Crippen LogP contribution in [-0.2, 0) is 9.59 Å². The maximum atomic E-state index is 13.5. The molecule has 0 radical (unpaired) electrons. The van der Waals surface area contributed by atoms with Crippen molar-refractivity contribution in [1.29, 1.82) is 0 Å². The number of aryl methyl sites for hydroxylation is 1. The Bertz CT molecular complexity index is 1140. The third-order valence-corrected chi connectivity index (χ3v) is 5.48. The molecule has 0 saturated carbocycles. The lowest BCUT2D eigenvalue weighted by atomic mass is 10.0. The lowest BCUT2D eigenvalue weighted by molar-refractivity contribution is -0.120. The molecule has 1 aliphatic rings. The van der Waals surface area contributed by atoms with Crippen molar-refractivity contribution in [2.24, 2.45) is 0 Å². The number of hydrogen-bond donors (Lipinski definition) is 2. The first-order valence-corrected chi connectivity index (χ1v) is 9.92. The van der Waals surface area contributed by atoms with Crippen LogP contribution in [0.1, 0.15) is 28.8 Å². The molecule has 4 rings (SSSR count). The number of hydrogen-bond acceptors (Lipinski definition) is 4. The van der Waals surface area contributed by atoms with Gasteiger partial charge in [-0.15, -0.1) is 0 Å². The first-order chi connectivity index (χ1) is 14.5. The molecule has 0 aliphatic carbocycles. The molecule has 3 aromatic carbocycles. The van der Waals surface area contributed by atoms with Crippen LogP contribution >= 0.6 is 0 Å². The summed E-state index contributed by atoms with van der Waals surface area (Å²) in [4.78, 5) is 38.6. The van der Waals surface area contributed by atoms with Gasteiger partial charge in [-0.1, -0.05) is 35.9 Å². The van der Waals surface area contributed by atoms with Crippen molar-refractivity contribution >= 4 is 45.9 Å². The zero-order valence-corrected chi connectivity index (χ0v) is 16.9. The second-order valence-electron chi connectivity index (χ2n) is 7.44. The zero-order chi connectivity index (χ0) is 21.3. The largest absolute Gasteiger partial charge is 0.359 e. The van der Waals surface area contributed by atoms with Gasteiger partial charge in [-0.3, -0.25) is 14.5 Å². The van der Waals surface area contributed by atoms with Crippen molar-refractivity contribution < 1.29 is 14.4 Å². The molecule has 0 spiro atoms. The van der Waals surface area contributed by atoms with E-state index in [0.29, 0.717) is 16.9 Å². The molecule has 0 saturated heterocycles. The Kier molecular flexibility index (Phi) is 5.23. The summed E-state index contributed by atoms with van der Waals surface area (Å²) in [7, 11) is 1.55. The second-order valence-corrected chi connectivity index (χ2v) is 7.44. The first-order valence-electron chi connectivity index (χ1n) is 9.92. The van der Waals surface area contributed by atoms with E-state index in [1.54, 1.807) is 7.05 Å². The number of anilines is 3. The third kappa shape index (κ3) is 3.41. The molecule has 6 heteroatoms. The molecular formula is C24H23N3O3. The van der Waals surface area contributed by atoms with Crippen molar-refractivity contribution in [3.05, 3.63) is 65.7 Å². The molecule has 1 unspecified atom stereocenters. The van der Waals surface area contributed by atoms with E-state index in [1.165, 1.54) is 4.90 Å². The van der Waals surface area contributed by atoms with Gasteiger partial charge >= 0.3 is 0 Å². The Morgan fingerprint density at radius 2 is 1.87 bits per heavy atom. The van der Waals surface area contributed by atoms with Crippen LogP contribution in [0.15, 0.2) is 54.6 Å². The summed E-state index contributed by atoms with van der Waals surface area (Å²) in [5.41, 5.74) is 3.98. The van der Waals surface area contributed by atoms with E-state index < -0.39 is 6.04 Å². The molecule has 2 N–H and O–H groups in total. The Labute approximate surface area is 174 Å². The number of carbonyl (C=O) groups excluding carboxylic acids is 3. The van der Waals surface area contributed by atoms with Crippen molar-refractivity contribution in [2.45, 2.75) is 25.8 Å². The molecular weight excluding hydrogens is 378 g/mol. The molecule has 1 heterocycles. The summed E-state index contributed by atoms with van der Waals surface area (Å²) in [5, 5.41) is 7.66. The Morgan fingerprint density at radius 1 is 1.10 bits per heavy atom. The predicted octanol–water partition coefficient (Wildman–Crippen LogP) is 3.95. The SMILES string of the molecule is CNC(=O)CCC(C=O)N1C(=O)c2c(Nc3ccc(C)cc3)ccc3cccc1c23. The fourth-order valence-electron chi connectivity index (χ4n) is 3.90. The molecule has 0 bridgehead atoms. The van der Waals surface area contributed by atoms with E-state index in [-0.39, 0.29) is 24.7 Å². The third-order valence-electron chi connectivity index (χ3n) is 5.48. The van der Waals surface area contributed by atoms with E-state index in [9.17, 15) is 14.4 Å². The fraction of sp³-hybridized carbons (Fsp3) is 0.208. The topological polar surface area (TPSA) is 78.5 Å². The first kappa shape index (κ1) is 19.6. The summed E-state index contributed by atoms with van der Waals surface area (Å²) in [6, 6.07) is 16.8. The number of amides is 2. The van der Waals surface area contributed by atoms with Gasteiger partial charge < -0.3 is 15.4 Å². The van der Waals surface area contributed by atoms with Gasteiger partial charge in [0.2, 0.25) is 5.91 Å². The quantitative estimate of drug-likeness (QED) is 0.588. The maximum Gasteiger partial charge on any atom is 0.261 e. The smallest absolute Gasteiger partial charge is 0.261 e. The standard InChI is InChI=1S/C24H23N3O3/c1-15-6-9-17(10-7-15)26-19-12-8-16-4-3-5-20-22(16)23(19)24(30)27(20)18(14-28)11-13-21(29)25-2/h3-10,12,14,18,26H,11,13H2,1-2H3,(H,25,29). The van der Waals surface area contributed by atoms with Crippen molar-refractivity contribution in [3.63, 3.8) is 0 Å². The number of rotatable bonds is 7. The van der Waals surface area contributed by atoms with Crippen LogP contribution in [0, 0.1) is 6.92 Å². The number of nitrogens with one attached hydrogen (secondary N) is 2. The summed E-state index contributed by atoms with van der Waals surface area (Å²) >= 11 is 0. The lowest BCUT2D eigenvalue weighted by Crippen LogP contribution is -2.40. The molecule has 3 aromatic rings. The van der Waals surface area contributed by atoms with Gasteiger partial charge in [0.25, 0.3) is 5.91 Å². The monoisotopic (exact) mass is 401 g/mol. The molecule has 1 atom stereocenters. The van der Waals surface area contributed by atoms with Crippen molar-refractivity contribution in [1.82, 2.24) is 5.32 Å². The average molecular weight is 401 g/mol. The van der Waals surface area contributed by atoms with E-state index in [1.807, 2.05) is 61.5 Å². The molecule has 2 amide bonds. The number of carbonyl (C=O) groups is 3. The molecule has 1 aliphatic heterocycles.